The van der Waals surface area contributed by atoms with Crippen molar-refractivity contribution in [3.8, 4) is 0 Å². The first-order valence-electron chi connectivity index (χ1n) is 3.59. The molecule has 1 aliphatic heterocycles. The number of rotatable bonds is 2. The van der Waals surface area contributed by atoms with Crippen LogP contribution >= 0.6 is 0 Å². The van der Waals surface area contributed by atoms with Crippen LogP contribution in [-0.2, 0) is 11.3 Å². The molecule has 5 nitrogen and oxygen atoms in total. The summed E-state index contributed by atoms with van der Waals surface area (Å²) in [5.41, 5.74) is 0.472. The van der Waals surface area contributed by atoms with Crippen molar-refractivity contribution in [1.29, 1.82) is 0 Å². The van der Waals surface area contributed by atoms with Gasteiger partial charge in [0, 0.05) is 6.54 Å². The molecule has 2 rings (SSSR count). The normalized spacial score (nSPS) is 14.5. The van der Waals surface area contributed by atoms with Gasteiger partial charge in [-0.05, 0) is 0 Å². The van der Waals surface area contributed by atoms with Crippen LogP contribution in [0.25, 0.3) is 0 Å². The summed E-state index contributed by atoms with van der Waals surface area (Å²) in [5.74, 6) is 0.611. The Kier molecular flexibility index (Phi) is 1.43. The lowest BCUT2D eigenvalue weighted by atomic mass is 10.3. The van der Waals surface area contributed by atoms with E-state index in [0.717, 1.165) is 0 Å². The first-order valence-corrected chi connectivity index (χ1v) is 3.59. The summed E-state index contributed by atoms with van der Waals surface area (Å²) >= 11 is 0. The molecule has 0 atom stereocenters. The number of aromatic nitrogens is 2. The van der Waals surface area contributed by atoms with Gasteiger partial charge in [-0.1, -0.05) is 0 Å². The summed E-state index contributed by atoms with van der Waals surface area (Å²) in [6, 6.07) is 0. The van der Waals surface area contributed by atoms with Crippen molar-refractivity contribution < 1.29 is 9.59 Å². The highest BCUT2D eigenvalue weighted by atomic mass is 16.1. The zero-order valence-corrected chi connectivity index (χ0v) is 6.30. The number of carbonyl (C=O) groups excluding carboxylic acids is 2. The van der Waals surface area contributed by atoms with Crippen LogP contribution < -0.4 is 4.90 Å². The Bertz CT molecular complexity index is 331. The Labute approximate surface area is 68.6 Å². The van der Waals surface area contributed by atoms with E-state index in [0.29, 0.717) is 37.2 Å². The Morgan fingerprint density at radius 3 is 2.92 bits per heavy atom. The van der Waals surface area contributed by atoms with Crippen LogP contribution in [0.2, 0.25) is 0 Å². The van der Waals surface area contributed by atoms with E-state index in [1.807, 2.05) is 0 Å². The molecule has 0 N–H and O–H groups in total. The molecule has 1 aromatic heterocycles. The van der Waals surface area contributed by atoms with Gasteiger partial charge < -0.3 is 0 Å². The topological polar surface area (TPSA) is 55.2 Å². The van der Waals surface area contributed by atoms with Gasteiger partial charge in [0.2, 0.25) is 6.41 Å². The van der Waals surface area contributed by atoms with Crippen molar-refractivity contribution in [2.45, 2.75) is 6.54 Å². The van der Waals surface area contributed by atoms with Crippen molar-refractivity contribution in [1.82, 2.24) is 9.78 Å². The number of aldehydes is 1. The lowest BCUT2D eigenvalue weighted by Crippen LogP contribution is -2.18. The Hall–Kier alpha value is -1.65. The van der Waals surface area contributed by atoms with Gasteiger partial charge >= 0.3 is 0 Å². The fraction of sp³-hybridized carbons (Fsp3) is 0.286. The largest absolute Gasteiger partial charge is 0.298 e. The predicted molar refractivity (Wildman–Crippen MR) is 41.0 cm³/mol. The maximum atomic E-state index is 10.5. The lowest BCUT2D eigenvalue weighted by Gasteiger charge is -2.06. The zero-order valence-electron chi connectivity index (χ0n) is 6.30. The number of nitrogens with zero attached hydrogens (tertiary/aromatic N) is 3. The molecule has 5 heteroatoms. The zero-order chi connectivity index (χ0) is 8.55. The molecule has 1 aliphatic rings. The Morgan fingerprint density at radius 1 is 1.42 bits per heavy atom. The first kappa shape index (κ1) is 7.02. The molecule has 0 saturated carbocycles. The van der Waals surface area contributed by atoms with Crippen LogP contribution in [0.1, 0.15) is 10.4 Å². The number of amides is 1. The van der Waals surface area contributed by atoms with Gasteiger partial charge in [-0.2, -0.15) is 5.10 Å². The summed E-state index contributed by atoms with van der Waals surface area (Å²) in [6.45, 7) is 1.27. The maximum absolute atomic E-state index is 10.5. The summed E-state index contributed by atoms with van der Waals surface area (Å²) < 4.78 is 1.65. The quantitative estimate of drug-likeness (QED) is 0.564. The molecule has 0 radical (unpaired) electrons. The minimum Gasteiger partial charge on any atom is -0.298 e. The third kappa shape index (κ3) is 0.761. The third-order valence-corrected chi connectivity index (χ3v) is 1.92. The Balaban J connectivity index is 2.51. The second-order valence-electron chi connectivity index (χ2n) is 2.56. The van der Waals surface area contributed by atoms with Crippen molar-refractivity contribution in [3.05, 3.63) is 11.8 Å². The number of anilines is 1. The molecule has 2 heterocycles. The molecule has 0 unspecified atom stereocenters. The second-order valence-corrected chi connectivity index (χ2v) is 2.56. The van der Waals surface area contributed by atoms with E-state index < -0.39 is 0 Å². The molecule has 1 amide bonds. The highest BCUT2D eigenvalue weighted by molar-refractivity contribution is 5.88. The molecular formula is C7H7N3O2. The van der Waals surface area contributed by atoms with Crippen LogP contribution in [0.5, 0.6) is 0 Å². The summed E-state index contributed by atoms with van der Waals surface area (Å²) in [6.07, 6.45) is 2.89. The van der Waals surface area contributed by atoms with Gasteiger partial charge in [0.25, 0.3) is 0 Å². The van der Waals surface area contributed by atoms with E-state index in [1.165, 1.54) is 11.1 Å². The Morgan fingerprint density at radius 2 is 2.25 bits per heavy atom. The highest BCUT2D eigenvalue weighted by Crippen LogP contribution is 2.22. The molecule has 0 bridgehead atoms. The van der Waals surface area contributed by atoms with Crippen LogP contribution in [0.3, 0.4) is 0 Å². The fourth-order valence-electron chi connectivity index (χ4n) is 1.37. The van der Waals surface area contributed by atoms with Gasteiger partial charge in [-0.3, -0.25) is 14.5 Å². The summed E-state index contributed by atoms with van der Waals surface area (Å²) in [7, 11) is 0. The van der Waals surface area contributed by atoms with Gasteiger partial charge in [0.05, 0.1) is 18.3 Å². The van der Waals surface area contributed by atoms with E-state index in [-0.39, 0.29) is 0 Å². The van der Waals surface area contributed by atoms with E-state index in [2.05, 4.69) is 5.10 Å². The first-order chi connectivity index (χ1) is 5.86. The van der Waals surface area contributed by atoms with E-state index in [1.54, 1.807) is 4.68 Å². The molecule has 12 heavy (non-hydrogen) atoms. The molecule has 0 saturated heterocycles. The monoisotopic (exact) mass is 165 g/mol. The highest BCUT2D eigenvalue weighted by Gasteiger charge is 2.22. The minimum atomic E-state index is 0.472. The number of carbonyl (C=O) groups is 2. The third-order valence-electron chi connectivity index (χ3n) is 1.92. The number of hydrogen-bond donors (Lipinski definition) is 0. The van der Waals surface area contributed by atoms with E-state index in [4.69, 9.17) is 0 Å². The average Bonchev–Trinajstić information content (AvgIpc) is 2.62. The predicted octanol–water partition coefficient (Wildman–Crippen LogP) is -0.328. The maximum Gasteiger partial charge on any atom is 0.215 e. The molecular weight excluding hydrogens is 158 g/mol. The average molecular weight is 165 g/mol. The SMILES string of the molecule is O=Cc1cnn2c1N(C=O)CC2. The van der Waals surface area contributed by atoms with Gasteiger partial charge in [0.15, 0.2) is 6.29 Å². The summed E-state index contributed by atoms with van der Waals surface area (Å²) in [5, 5.41) is 3.95. The minimum absolute atomic E-state index is 0.472. The van der Waals surface area contributed by atoms with Crippen LogP contribution in [0.15, 0.2) is 6.20 Å². The van der Waals surface area contributed by atoms with E-state index >= 15 is 0 Å². The molecule has 62 valence electrons. The smallest absolute Gasteiger partial charge is 0.215 e. The van der Waals surface area contributed by atoms with Crippen LogP contribution in [-0.4, -0.2) is 29.0 Å². The number of fused-ring (bicyclic) bond motifs is 1. The number of hydrogen-bond acceptors (Lipinski definition) is 3. The molecule has 0 aliphatic carbocycles. The van der Waals surface area contributed by atoms with Crippen molar-refractivity contribution in [3.63, 3.8) is 0 Å². The van der Waals surface area contributed by atoms with Gasteiger partial charge in [-0.15, -0.1) is 0 Å². The van der Waals surface area contributed by atoms with Crippen LogP contribution in [0.4, 0.5) is 5.82 Å². The standard InChI is InChI=1S/C7H7N3O2/c11-4-6-3-8-10-2-1-9(5-12)7(6)10/h3-5H,1-2H2. The molecule has 0 aromatic carbocycles. The molecule has 0 fully saturated rings. The second kappa shape index (κ2) is 2.44. The van der Waals surface area contributed by atoms with Crippen molar-refractivity contribution in [2.75, 3.05) is 11.4 Å². The fourth-order valence-corrected chi connectivity index (χ4v) is 1.37. The van der Waals surface area contributed by atoms with Crippen molar-refractivity contribution in [2.24, 2.45) is 0 Å². The molecule has 0 spiro atoms. The summed E-state index contributed by atoms with van der Waals surface area (Å²) in [4.78, 5) is 22.5. The van der Waals surface area contributed by atoms with Crippen molar-refractivity contribution >= 4 is 18.5 Å². The van der Waals surface area contributed by atoms with Crippen LogP contribution in [0, 0.1) is 0 Å². The van der Waals surface area contributed by atoms with Gasteiger partial charge in [0.1, 0.15) is 5.82 Å². The molecule has 1 aromatic rings. The van der Waals surface area contributed by atoms with Gasteiger partial charge in [-0.25, -0.2) is 4.68 Å². The lowest BCUT2D eigenvalue weighted by molar-refractivity contribution is -0.107. The van der Waals surface area contributed by atoms with E-state index in [9.17, 15) is 9.59 Å².